The third kappa shape index (κ3) is 3.31. The predicted octanol–water partition coefficient (Wildman–Crippen LogP) is 4.36. The zero-order valence-corrected chi connectivity index (χ0v) is 14.6. The fraction of sp³-hybridized carbons (Fsp3) is 0.824. The van der Waals surface area contributed by atoms with Gasteiger partial charge in [-0.05, 0) is 67.8 Å². The standard InChI is InChI=1S/C17H26O2S2/c1-3-15(18)19-10-16-5-13-4-14(6-16)8-17(7-13,9-16)11-21-12-20-2/h3,13-14H,1,4-12H2,2H3. The van der Waals surface area contributed by atoms with Crippen LogP contribution in [0.15, 0.2) is 12.7 Å². The average molecular weight is 327 g/mol. The zero-order valence-electron chi connectivity index (χ0n) is 12.9. The van der Waals surface area contributed by atoms with Gasteiger partial charge in [0.25, 0.3) is 0 Å². The Bertz CT molecular complexity index is 407. The van der Waals surface area contributed by atoms with Gasteiger partial charge in [-0.1, -0.05) is 6.58 Å². The zero-order chi connectivity index (χ0) is 14.9. The number of thioether (sulfide) groups is 2. The molecule has 21 heavy (non-hydrogen) atoms. The SMILES string of the molecule is C=CC(=O)OCC12CC3CC(C1)CC(CSCSC)(C3)C2. The highest BCUT2D eigenvalue weighted by Crippen LogP contribution is 2.66. The van der Waals surface area contributed by atoms with E-state index in [4.69, 9.17) is 4.74 Å². The van der Waals surface area contributed by atoms with Crippen LogP contribution in [0.5, 0.6) is 0 Å². The molecule has 4 aliphatic carbocycles. The average Bonchev–Trinajstić information content (AvgIpc) is 2.43. The number of rotatable bonds is 7. The lowest BCUT2D eigenvalue weighted by molar-refractivity contribution is -0.157. The number of esters is 1. The van der Waals surface area contributed by atoms with Crippen molar-refractivity contribution >= 4 is 29.5 Å². The highest BCUT2D eigenvalue weighted by atomic mass is 32.2. The first-order valence-electron chi connectivity index (χ1n) is 7.95. The summed E-state index contributed by atoms with van der Waals surface area (Å²) in [6.45, 7) is 4.13. The normalized spacial score (nSPS) is 40.2. The van der Waals surface area contributed by atoms with Gasteiger partial charge < -0.3 is 4.74 Å². The van der Waals surface area contributed by atoms with E-state index in [1.165, 1.54) is 55.4 Å². The summed E-state index contributed by atoms with van der Waals surface area (Å²) < 4.78 is 5.48. The Labute approximate surface area is 136 Å². The second-order valence-corrected chi connectivity index (χ2v) is 9.74. The lowest BCUT2D eigenvalue weighted by Crippen LogP contribution is -2.54. The van der Waals surface area contributed by atoms with Gasteiger partial charge in [0, 0.05) is 16.6 Å². The molecule has 0 aliphatic heterocycles. The Morgan fingerprint density at radius 3 is 2.57 bits per heavy atom. The molecular formula is C17H26O2S2. The minimum atomic E-state index is -0.253. The molecule has 2 nitrogen and oxygen atoms in total. The van der Waals surface area contributed by atoms with E-state index in [2.05, 4.69) is 24.6 Å². The van der Waals surface area contributed by atoms with Crippen LogP contribution >= 0.6 is 23.5 Å². The molecule has 2 atom stereocenters. The van der Waals surface area contributed by atoms with Gasteiger partial charge in [-0.3, -0.25) is 0 Å². The molecule has 4 bridgehead atoms. The van der Waals surface area contributed by atoms with Gasteiger partial charge in [0.15, 0.2) is 0 Å². The van der Waals surface area contributed by atoms with Crippen molar-refractivity contribution in [1.82, 2.24) is 0 Å². The van der Waals surface area contributed by atoms with E-state index in [0.29, 0.717) is 12.0 Å². The molecule has 4 aliphatic rings. The summed E-state index contributed by atoms with van der Waals surface area (Å²) in [5, 5.41) is 1.20. The lowest BCUT2D eigenvalue weighted by atomic mass is 9.45. The van der Waals surface area contributed by atoms with Gasteiger partial charge in [0.05, 0.1) is 6.61 Å². The molecule has 0 aromatic rings. The molecule has 118 valence electrons. The van der Waals surface area contributed by atoms with Crippen molar-refractivity contribution in [3.63, 3.8) is 0 Å². The fourth-order valence-corrected chi connectivity index (χ4v) is 7.38. The Hall–Kier alpha value is -0.0900. The molecule has 0 aromatic carbocycles. The van der Waals surface area contributed by atoms with Crippen molar-refractivity contribution in [2.75, 3.05) is 23.7 Å². The fourth-order valence-electron chi connectivity index (χ4n) is 5.61. The van der Waals surface area contributed by atoms with Gasteiger partial charge in [0.1, 0.15) is 0 Å². The van der Waals surface area contributed by atoms with Crippen molar-refractivity contribution < 1.29 is 9.53 Å². The first-order valence-corrected chi connectivity index (χ1v) is 10.5. The van der Waals surface area contributed by atoms with Crippen molar-refractivity contribution in [2.24, 2.45) is 22.7 Å². The summed E-state index contributed by atoms with van der Waals surface area (Å²) in [6, 6.07) is 0. The summed E-state index contributed by atoms with van der Waals surface area (Å²) in [7, 11) is 0. The molecule has 0 aromatic heterocycles. The van der Waals surface area contributed by atoms with Crippen LogP contribution in [0, 0.1) is 22.7 Å². The summed E-state index contributed by atoms with van der Waals surface area (Å²) >= 11 is 4.04. The molecule has 0 saturated heterocycles. The molecule has 0 N–H and O–H groups in total. The van der Waals surface area contributed by atoms with Crippen LogP contribution in [0.1, 0.15) is 38.5 Å². The molecule has 0 spiro atoms. The van der Waals surface area contributed by atoms with Crippen molar-refractivity contribution in [2.45, 2.75) is 38.5 Å². The third-order valence-electron chi connectivity index (χ3n) is 5.60. The summed E-state index contributed by atoms with van der Waals surface area (Å²) in [6.07, 6.45) is 11.6. The number of carbonyl (C=O) groups excluding carboxylic acids is 1. The highest BCUT2D eigenvalue weighted by Gasteiger charge is 2.57. The maximum atomic E-state index is 11.4. The molecule has 4 fully saturated rings. The van der Waals surface area contributed by atoms with Crippen LogP contribution in [0.2, 0.25) is 0 Å². The Morgan fingerprint density at radius 1 is 1.29 bits per heavy atom. The van der Waals surface area contributed by atoms with Gasteiger partial charge >= 0.3 is 5.97 Å². The first-order chi connectivity index (χ1) is 10.1. The number of hydrogen-bond donors (Lipinski definition) is 0. The Kier molecular flexibility index (Phi) is 4.66. The summed E-state index contributed by atoms with van der Waals surface area (Å²) in [5.41, 5.74) is 0.813. The Balaban J connectivity index is 1.68. The number of ether oxygens (including phenoxy) is 1. The second-order valence-electron chi connectivity index (χ2n) is 7.53. The quantitative estimate of drug-likeness (QED) is 0.301. The number of hydrogen-bond acceptors (Lipinski definition) is 4. The molecule has 0 amide bonds. The minimum absolute atomic E-state index is 0.253. The van der Waals surface area contributed by atoms with E-state index in [1.807, 2.05) is 11.8 Å². The van der Waals surface area contributed by atoms with E-state index in [0.717, 1.165) is 11.8 Å². The van der Waals surface area contributed by atoms with Crippen molar-refractivity contribution in [3.05, 3.63) is 12.7 Å². The van der Waals surface area contributed by atoms with Gasteiger partial charge in [-0.2, -0.15) is 23.5 Å². The van der Waals surface area contributed by atoms with Crippen LogP contribution in [0.3, 0.4) is 0 Å². The Morgan fingerprint density at radius 2 is 1.95 bits per heavy atom. The summed E-state index contributed by atoms with van der Waals surface area (Å²) in [4.78, 5) is 11.4. The van der Waals surface area contributed by atoms with E-state index >= 15 is 0 Å². The molecule has 0 heterocycles. The molecule has 4 rings (SSSR count). The van der Waals surface area contributed by atoms with Crippen molar-refractivity contribution in [3.8, 4) is 0 Å². The van der Waals surface area contributed by atoms with E-state index in [9.17, 15) is 4.79 Å². The van der Waals surface area contributed by atoms with Crippen LogP contribution in [0.25, 0.3) is 0 Å². The lowest BCUT2D eigenvalue weighted by Gasteiger charge is -2.62. The van der Waals surface area contributed by atoms with Gasteiger partial charge in [-0.15, -0.1) is 0 Å². The highest BCUT2D eigenvalue weighted by molar-refractivity contribution is 8.15. The topological polar surface area (TPSA) is 26.3 Å². The largest absolute Gasteiger partial charge is 0.462 e. The maximum Gasteiger partial charge on any atom is 0.330 e. The number of carbonyl (C=O) groups is 1. The van der Waals surface area contributed by atoms with Crippen LogP contribution < -0.4 is 0 Å². The smallest absolute Gasteiger partial charge is 0.330 e. The molecule has 4 heteroatoms. The molecule has 2 unspecified atom stereocenters. The molecular weight excluding hydrogens is 300 g/mol. The maximum absolute atomic E-state index is 11.4. The second kappa shape index (κ2) is 6.19. The third-order valence-corrected chi connectivity index (χ3v) is 8.03. The van der Waals surface area contributed by atoms with E-state index in [-0.39, 0.29) is 11.4 Å². The monoisotopic (exact) mass is 326 g/mol. The van der Waals surface area contributed by atoms with Crippen LogP contribution in [-0.4, -0.2) is 29.7 Å². The van der Waals surface area contributed by atoms with Gasteiger partial charge in [-0.25, -0.2) is 4.79 Å². The van der Waals surface area contributed by atoms with Gasteiger partial charge in [0.2, 0.25) is 0 Å². The minimum Gasteiger partial charge on any atom is -0.462 e. The predicted molar refractivity (Wildman–Crippen MR) is 91.5 cm³/mol. The summed E-state index contributed by atoms with van der Waals surface area (Å²) in [5.74, 6) is 2.81. The van der Waals surface area contributed by atoms with Crippen molar-refractivity contribution in [1.29, 1.82) is 0 Å². The first kappa shape index (κ1) is 15.8. The molecule has 0 radical (unpaired) electrons. The van der Waals surface area contributed by atoms with Crippen LogP contribution in [0.4, 0.5) is 0 Å². The van der Waals surface area contributed by atoms with E-state index in [1.54, 1.807) is 0 Å². The van der Waals surface area contributed by atoms with E-state index < -0.39 is 0 Å². The molecule has 4 saturated carbocycles. The van der Waals surface area contributed by atoms with Crippen LogP contribution in [-0.2, 0) is 9.53 Å².